The number of benzene rings is 1. The number of fused-ring (bicyclic) bond motifs is 1. The normalized spacial score (nSPS) is 13.8. The van der Waals surface area contributed by atoms with Crippen LogP contribution in [0.2, 0.25) is 0 Å². The monoisotopic (exact) mass is 372 g/mol. The fourth-order valence-electron chi connectivity index (χ4n) is 3.94. The molecule has 0 N–H and O–H groups in total. The first-order valence-corrected chi connectivity index (χ1v) is 11.2. The zero-order valence-electron chi connectivity index (χ0n) is 18.2. The standard InChI is InChI=1S/C23H40N4/c1-6-10-14-20(8-3)17-26(18-21(9-4)15-11-7-2)27-22-16-12-13-19(5)23(22)24-25-27/h12-13,16,20-21H,6-11,14-15,17-18H2,1-5H3. The largest absolute Gasteiger partial charge is 0.294 e. The molecule has 0 saturated heterocycles. The molecule has 4 heteroatoms. The quantitative estimate of drug-likeness (QED) is 0.425. The van der Waals surface area contributed by atoms with Gasteiger partial charge in [0.05, 0.1) is 0 Å². The second kappa shape index (κ2) is 11.3. The van der Waals surface area contributed by atoms with Crippen LogP contribution in [0, 0.1) is 18.8 Å². The minimum Gasteiger partial charge on any atom is -0.294 e. The van der Waals surface area contributed by atoms with Crippen molar-refractivity contribution in [2.75, 3.05) is 18.1 Å². The van der Waals surface area contributed by atoms with Gasteiger partial charge in [0.15, 0.2) is 0 Å². The van der Waals surface area contributed by atoms with Crippen LogP contribution in [0.5, 0.6) is 0 Å². The summed E-state index contributed by atoms with van der Waals surface area (Å²) in [5.41, 5.74) is 3.38. The van der Waals surface area contributed by atoms with Gasteiger partial charge in [-0.25, -0.2) is 0 Å². The van der Waals surface area contributed by atoms with Crippen molar-refractivity contribution in [2.24, 2.45) is 11.8 Å². The molecule has 152 valence electrons. The lowest BCUT2D eigenvalue weighted by molar-refractivity contribution is 0.349. The van der Waals surface area contributed by atoms with Crippen LogP contribution in [-0.4, -0.2) is 28.2 Å². The molecular weight excluding hydrogens is 332 g/mol. The predicted molar refractivity (Wildman–Crippen MR) is 117 cm³/mol. The molecule has 0 fully saturated rings. The molecule has 2 rings (SSSR count). The first kappa shape index (κ1) is 21.7. The summed E-state index contributed by atoms with van der Waals surface area (Å²) in [6.45, 7) is 13.5. The highest BCUT2D eigenvalue weighted by molar-refractivity contribution is 5.77. The van der Waals surface area contributed by atoms with Crippen molar-refractivity contribution in [3.63, 3.8) is 0 Å². The van der Waals surface area contributed by atoms with E-state index in [1.165, 1.54) is 56.9 Å². The van der Waals surface area contributed by atoms with Gasteiger partial charge >= 0.3 is 0 Å². The lowest BCUT2D eigenvalue weighted by Gasteiger charge is -2.32. The fourth-order valence-corrected chi connectivity index (χ4v) is 3.94. The highest BCUT2D eigenvalue weighted by Gasteiger charge is 2.20. The summed E-state index contributed by atoms with van der Waals surface area (Å²) in [6, 6.07) is 6.41. The van der Waals surface area contributed by atoms with E-state index in [-0.39, 0.29) is 0 Å². The van der Waals surface area contributed by atoms with Crippen LogP contribution >= 0.6 is 0 Å². The second-order valence-corrected chi connectivity index (χ2v) is 8.13. The summed E-state index contributed by atoms with van der Waals surface area (Å²) < 4.78 is 0. The van der Waals surface area contributed by atoms with E-state index in [9.17, 15) is 0 Å². The number of hydrogen-bond donors (Lipinski definition) is 0. The SMILES string of the molecule is CCCCC(CC)CN(CC(CC)CCCC)n1nnc2c(C)cccc21. The average Bonchev–Trinajstić information content (AvgIpc) is 3.12. The van der Waals surface area contributed by atoms with Gasteiger partial charge in [-0.15, -0.1) is 5.10 Å². The maximum absolute atomic E-state index is 4.58. The highest BCUT2D eigenvalue weighted by Crippen LogP contribution is 2.21. The molecule has 2 unspecified atom stereocenters. The molecule has 1 aromatic carbocycles. The van der Waals surface area contributed by atoms with Crippen molar-refractivity contribution in [1.82, 2.24) is 15.1 Å². The molecule has 2 atom stereocenters. The third kappa shape index (κ3) is 5.95. The van der Waals surface area contributed by atoms with Gasteiger partial charge in [-0.2, -0.15) is 4.79 Å². The van der Waals surface area contributed by atoms with E-state index < -0.39 is 0 Å². The van der Waals surface area contributed by atoms with Crippen molar-refractivity contribution in [2.45, 2.75) is 86.0 Å². The Balaban J connectivity index is 2.28. The van der Waals surface area contributed by atoms with E-state index in [2.05, 4.69) is 72.9 Å². The molecule has 0 aliphatic rings. The molecule has 0 bridgehead atoms. The Morgan fingerprint density at radius 2 is 1.52 bits per heavy atom. The van der Waals surface area contributed by atoms with Crippen LogP contribution in [0.3, 0.4) is 0 Å². The summed E-state index contributed by atoms with van der Waals surface area (Å²) in [7, 11) is 0. The Morgan fingerprint density at radius 1 is 0.926 bits per heavy atom. The minimum atomic E-state index is 0.720. The van der Waals surface area contributed by atoms with Crippen LogP contribution in [0.15, 0.2) is 18.2 Å². The molecule has 0 saturated carbocycles. The van der Waals surface area contributed by atoms with E-state index in [1.807, 2.05) is 0 Å². The zero-order valence-corrected chi connectivity index (χ0v) is 18.2. The van der Waals surface area contributed by atoms with E-state index in [0.29, 0.717) is 0 Å². The maximum Gasteiger partial charge on any atom is 0.118 e. The topological polar surface area (TPSA) is 34.0 Å². The molecule has 0 aliphatic heterocycles. The van der Waals surface area contributed by atoms with E-state index in [1.54, 1.807) is 0 Å². The van der Waals surface area contributed by atoms with Gasteiger partial charge in [0, 0.05) is 13.1 Å². The summed E-state index contributed by atoms with van der Waals surface area (Å²) in [4.78, 5) is 2.10. The van der Waals surface area contributed by atoms with Crippen molar-refractivity contribution in [3.8, 4) is 0 Å². The van der Waals surface area contributed by atoms with Crippen LogP contribution in [-0.2, 0) is 0 Å². The van der Waals surface area contributed by atoms with Gasteiger partial charge < -0.3 is 0 Å². The van der Waals surface area contributed by atoms with Gasteiger partial charge in [0.25, 0.3) is 0 Å². The number of hydrogen-bond acceptors (Lipinski definition) is 3. The summed E-state index contributed by atoms with van der Waals surface area (Å²) in [6.07, 6.45) is 10.3. The summed E-state index contributed by atoms with van der Waals surface area (Å²) in [5, 5.41) is 11.6. The molecule has 0 amide bonds. The average molecular weight is 373 g/mol. The Kier molecular flexibility index (Phi) is 9.09. The molecule has 1 aromatic heterocycles. The lowest BCUT2D eigenvalue weighted by atomic mass is 9.96. The highest BCUT2D eigenvalue weighted by atomic mass is 15.7. The molecule has 0 spiro atoms. The van der Waals surface area contributed by atoms with Crippen molar-refractivity contribution >= 4 is 11.0 Å². The van der Waals surface area contributed by atoms with E-state index in [4.69, 9.17) is 0 Å². The van der Waals surface area contributed by atoms with Gasteiger partial charge in [-0.3, -0.25) is 5.01 Å². The summed E-state index contributed by atoms with van der Waals surface area (Å²) >= 11 is 0. The van der Waals surface area contributed by atoms with Crippen molar-refractivity contribution in [3.05, 3.63) is 23.8 Å². The smallest absolute Gasteiger partial charge is 0.118 e. The Bertz CT molecular complexity index is 645. The molecule has 27 heavy (non-hydrogen) atoms. The number of aryl methyl sites for hydroxylation is 1. The molecule has 0 aliphatic carbocycles. The van der Waals surface area contributed by atoms with E-state index in [0.717, 1.165) is 36.0 Å². The van der Waals surface area contributed by atoms with Crippen LogP contribution in [0.1, 0.15) is 84.6 Å². The van der Waals surface area contributed by atoms with Gasteiger partial charge in [0.1, 0.15) is 11.0 Å². The molecule has 0 radical (unpaired) electrons. The summed E-state index contributed by atoms with van der Waals surface area (Å²) in [5.74, 6) is 1.44. The van der Waals surface area contributed by atoms with E-state index >= 15 is 0 Å². The molecule has 1 heterocycles. The second-order valence-electron chi connectivity index (χ2n) is 8.13. The number of aromatic nitrogens is 3. The van der Waals surface area contributed by atoms with Crippen molar-refractivity contribution in [1.29, 1.82) is 0 Å². The lowest BCUT2D eigenvalue weighted by Crippen LogP contribution is -2.43. The molecule has 4 nitrogen and oxygen atoms in total. The maximum atomic E-state index is 4.58. The third-order valence-electron chi connectivity index (χ3n) is 5.95. The van der Waals surface area contributed by atoms with Gasteiger partial charge in [-0.05, 0) is 48.4 Å². The fraction of sp³-hybridized carbons (Fsp3) is 0.739. The van der Waals surface area contributed by atoms with Gasteiger partial charge in [-0.1, -0.05) is 78.4 Å². The first-order chi connectivity index (χ1) is 13.1. The van der Waals surface area contributed by atoms with Crippen LogP contribution in [0.25, 0.3) is 11.0 Å². The Labute approximate surface area is 166 Å². The predicted octanol–water partition coefficient (Wildman–Crippen LogP) is 6.11. The molecular formula is C23H40N4. The van der Waals surface area contributed by atoms with Crippen LogP contribution in [0.4, 0.5) is 0 Å². The minimum absolute atomic E-state index is 0.720. The first-order valence-electron chi connectivity index (χ1n) is 11.2. The number of rotatable bonds is 13. The Hall–Kier alpha value is -1.58. The van der Waals surface area contributed by atoms with Gasteiger partial charge in [0.2, 0.25) is 0 Å². The number of unbranched alkanes of at least 4 members (excludes halogenated alkanes) is 2. The zero-order chi connectivity index (χ0) is 19.6. The Morgan fingerprint density at radius 3 is 2.04 bits per heavy atom. The third-order valence-corrected chi connectivity index (χ3v) is 5.95. The van der Waals surface area contributed by atoms with Crippen molar-refractivity contribution < 1.29 is 0 Å². The van der Waals surface area contributed by atoms with Crippen LogP contribution < -0.4 is 5.01 Å². The number of nitrogens with zero attached hydrogens (tertiary/aromatic N) is 4. The molecule has 2 aromatic rings.